The largest absolute Gasteiger partial charge is 0.497 e. The Balaban J connectivity index is 1.91. The first kappa shape index (κ1) is 19.5. The van der Waals surface area contributed by atoms with E-state index in [9.17, 15) is 10.1 Å². The predicted molar refractivity (Wildman–Crippen MR) is 113 cm³/mol. The first-order valence-electron chi connectivity index (χ1n) is 9.06. The summed E-state index contributed by atoms with van der Waals surface area (Å²) in [6.07, 6.45) is 3.83. The minimum absolute atomic E-state index is 0.0481. The number of hydrogen-bond acceptors (Lipinski definition) is 9. The Bertz CT molecular complexity index is 1070. The number of Topliss-reactive ketones (excluding diaryl/α,β-unsaturated/α-hetero) is 1. The molecule has 1 unspecified atom stereocenters. The van der Waals surface area contributed by atoms with Gasteiger partial charge in [-0.25, -0.2) is 0 Å². The van der Waals surface area contributed by atoms with Crippen LogP contribution >= 0.6 is 23.1 Å². The predicted octanol–water partition coefficient (Wildman–Crippen LogP) is 3.57. The molecule has 29 heavy (non-hydrogen) atoms. The van der Waals surface area contributed by atoms with Gasteiger partial charge in [0.15, 0.2) is 10.1 Å². The molecule has 0 saturated carbocycles. The van der Waals surface area contributed by atoms with Crippen molar-refractivity contribution in [1.29, 1.82) is 5.26 Å². The smallest absolute Gasteiger partial charge is 0.219 e. The number of thioether (sulfide) groups is 1. The quantitative estimate of drug-likeness (QED) is 0.741. The Morgan fingerprint density at radius 1 is 1.31 bits per heavy atom. The van der Waals surface area contributed by atoms with Crippen LogP contribution in [-0.4, -0.2) is 29.3 Å². The number of nitrogens with zero attached hydrogens (tertiary/aromatic N) is 4. The molecule has 2 heterocycles. The van der Waals surface area contributed by atoms with Crippen molar-refractivity contribution in [3.8, 4) is 11.8 Å². The summed E-state index contributed by atoms with van der Waals surface area (Å²) in [5.74, 6) is 0.583. The lowest BCUT2D eigenvalue weighted by molar-refractivity contribution is -0.116. The van der Waals surface area contributed by atoms with Gasteiger partial charge < -0.3 is 10.5 Å². The van der Waals surface area contributed by atoms with E-state index >= 15 is 0 Å². The van der Waals surface area contributed by atoms with Crippen LogP contribution in [0.3, 0.4) is 0 Å². The zero-order valence-electron chi connectivity index (χ0n) is 16.0. The van der Waals surface area contributed by atoms with Gasteiger partial charge in [0.1, 0.15) is 11.6 Å². The number of hydrogen-bond donors (Lipinski definition) is 1. The topological polar surface area (TPSA) is 105 Å². The van der Waals surface area contributed by atoms with Crippen LogP contribution in [0.5, 0.6) is 5.75 Å². The van der Waals surface area contributed by atoms with Gasteiger partial charge >= 0.3 is 0 Å². The summed E-state index contributed by atoms with van der Waals surface area (Å²) in [6, 6.07) is 9.67. The Hall–Kier alpha value is -2.83. The Labute approximate surface area is 176 Å². The van der Waals surface area contributed by atoms with Gasteiger partial charge in [-0.05, 0) is 36.8 Å². The molecule has 1 aromatic heterocycles. The van der Waals surface area contributed by atoms with E-state index in [1.54, 1.807) is 12.0 Å². The molecule has 0 bridgehead atoms. The molecule has 0 spiro atoms. The number of ether oxygens (including phenoxy) is 1. The number of carbonyl (C=O) groups is 1. The van der Waals surface area contributed by atoms with Gasteiger partial charge in [-0.15, -0.1) is 10.2 Å². The lowest BCUT2D eigenvalue weighted by Crippen LogP contribution is -2.38. The molecule has 2 N–H and O–H groups in total. The molecule has 9 heteroatoms. The number of carbonyl (C=O) groups excluding carboxylic acids is 1. The van der Waals surface area contributed by atoms with Crippen molar-refractivity contribution < 1.29 is 9.53 Å². The van der Waals surface area contributed by atoms with Gasteiger partial charge in [-0.2, -0.15) is 5.26 Å². The Morgan fingerprint density at radius 2 is 2.07 bits per heavy atom. The number of nitriles is 1. The first-order valence-corrected chi connectivity index (χ1v) is 11.1. The van der Waals surface area contributed by atoms with Crippen LogP contribution in [0.15, 0.2) is 51.3 Å². The molecule has 4 rings (SSSR count). The number of rotatable bonds is 4. The van der Waals surface area contributed by atoms with Crippen LogP contribution in [-0.2, 0) is 4.79 Å². The van der Waals surface area contributed by atoms with Crippen LogP contribution in [0, 0.1) is 11.3 Å². The van der Waals surface area contributed by atoms with Gasteiger partial charge in [0.05, 0.1) is 24.7 Å². The number of anilines is 1. The maximum absolute atomic E-state index is 13.0. The number of benzene rings is 1. The average molecular weight is 426 g/mol. The highest BCUT2D eigenvalue weighted by Crippen LogP contribution is 2.47. The molecule has 0 fully saturated rings. The fourth-order valence-electron chi connectivity index (χ4n) is 3.81. The van der Waals surface area contributed by atoms with E-state index in [-0.39, 0.29) is 5.78 Å². The van der Waals surface area contributed by atoms with Crippen molar-refractivity contribution in [2.45, 2.75) is 29.5 Å². The number of aromatic nitrogens is 2. The van der Waals surface area contributed by atoms with E-state index in [4.69, 9.17) is 10.5 Å². The van der Waals surface area contributed by atoms with E-state index in [1.807, 2.05) is 30.5 Å². The molecule has 1 atom stereocenters. The summed E-state index contributed by atoms with van der Waals surface area (Å²) in [7, 11) is 1.60. The molecule has 2 aromatic rings. The van der Waals surface area contributed by atoms with Crippen molar-refractivity contribution >= 4 is 34.0 Å². The van der Waals surface area contributed by atoms with Crippen molar-refractivity contribution in [2.24, 2.45) is 5.73 Å². The maximum atomic E-state index is 13.0. The molecule has 148 valence electrons. The number of nitrogens with two attached hydrogens (primary N) is 1. The summed E-state index contributed by atoms with van der Waals surface area (Å²) < 4.78 is 6.04. The second-order valence-electron chi connectivity index (χ2n) is 6.64. The van der Waals surface area contributed by atoms with Crippen LogP contribution in [0.4, 0.5) is 5.13 Å². The van der Waals surface area contributed by atoms with Crippen molar-refractivity contribution in [1.82, 2.24) is 10.2 Å². The molecule has 7 nitrogen and oxygen atoms in total. The summed E-state index contributed by atoms with van der Waals surface area (Å²) in [4.78, 5) is 14.8. The third-order valence-electron chi connectivity index (χ3n) is 5.12. The van der Waals surface area contributed by atoms with Crippen LogP contribution in [0.1, 0.15) is 30.7 Å². The molecule has 0 radical (unpaired) electrons. The summed E-state index contributed by atoms with van der Waals surface area (Å²) >= 11 is 2.89. The first-order chi connectivity index (χ1) is 14.1. The van der Waals surface area contributed by atoms with Gasteiger partial charge in [-0.1, -0.05) is 35.2 Å². The number of allylic oxidation sites excluding steroid dienone is 3. The van der Waals surface area contributed by atoms with E-state index in [0.717, 1.165) is 22.0 Å². The normalized spacial score (nSPS) is 19.3. The summed E-state index contributed by atoms with van der Waals surface area (Å²) in [5, 5.41) is 19.0. The molecule has 0 amide bonds. The van der Waals surface area contributed by atoms with Gasteiger partial charge in [0.2, 0.25) is 5.13 Å². The SMILES string of the molecule is COc1ccc(C2C(C#N)=C(N)N(c3nnc(SC)s3)C3=C2C(=O)CCC3)cc1. The zero-order chi connectivity index (χ0) is 20.5. The van der Waals surface area contributed by atoms with Gasteiger partial charge in [0.25, 0.3) is 0 Å². The van der Waals surface area contributed by atoms with Crippen LogP contribution in [0.2, 0.25) is 0 Å². The highest BCUT2D eigenvalue weighted by atomic mass is 32.2. The third-order valence-corrected chi connectivity index (χ3v) is 7.01. The third kappa shape index (κ3) is 3.28. The molecule has 1 aliphatic heterocycles. The Kier molecular flexibility index (Phi) is 5.30. The number of ketones is 1. The highest BCUT2D eigenvalue weighted by molar-refractivity contribution is 8.00. The molecule has 0 saturated heterocycles. The van der Waals surface area contributed by atoms with E-state index < -0.39 is 5.92 Å². The zero-order valence-corrected chi connectivity index (χ0v) is 17.6. The van der Waals surface area contributed by atoms with Gasteiger partial charge in [0, 0.05) is 17.7 Å². The summed E-state index contributed by atoms with van der Waals surface area (Å²) in [5.41, 5.74) is 9.15. The van der Waals surface area contributed by atoms with Crippen LogP contribution in [0.25, 0.3) is 0 Å². The van der Waals surface area contributed by atoms with E-state index in [1.165, 1.54) is 23.1 Å². The van der Waals surface area contributed by atoms with Crippen LogP contribution < -0.4 is 15.4 Å². The van der Waals surface area contributed by atoms with Gasteiger partial charge in [-0.3, -0.25) is 9.69 Å². The molecular weight excluding hydrogens is 406 g/mol. The average Bonchev–Trinajstić information content (AvgIpc) is 3.22. The number of methoxy groups -OCH3 is 1. The molecule has 1 aliphatic carbocycles. The Morgan fingerprint density at radius 3 is 2.69 bits per heavy atom. The molecule has 1 aromatic carbocycles. The van der Waals surface area contributed by atoms with E-state index in [0.29, 0.717) is 40.7 Å². The standard InChI is InChI=1S/C20H19N5O2S2/c1-27-12-8-6-11(7-9-12)16-13(10-21)18(22)25(19-23-24-20(28-2)29-19)14-4-3-5-15(26)17(14)16/h6-9,16H,3-5,22H2,1-2H3. The minimum atomic E-state index is -0.488. The maximum Gasteiger partial charge on any atom is 0.219 e. The lowest BCUT2D eigenvalue weighted by atomic mass is 9.76. The van der Waals surface area contributed by atoms with Crippen molar-refractivity contribution in [3.63, 3.8) is 0 Å². The molecular formula is C20H19N5O2S2. The molecule has 2 aliphatic rings. The fourth-order valence-corrected chi connectivity index (χ4v) is 5.11. The van der Waals surface area contributed by atoms with Crippen molar-refractivity contribution in [3.05, 3.63) is 52.5 Å². The lowest BCUT2D eigenvalue weighted by Gasteiger charge is -2.38. The second-order valence-corrected chi connectivity index (χ2v) is 8.65. The monoisotopic (exact) mass is 425 g/mol. The van der Waals surface area contributed by atoms with Crippen molar-refractivity contribution in [2.75, 3.05) is 18.3 Å². The summed E-state index contributed by atoms with van der Waals surface area (Å²) in [6.45, 7) is 0. The second kappa shape index (κ2) is 7.89. The fraction of sp³-hybridized carbons (Fsp3) is 0.300. The minimum Gasteiger partial charge on any atom is -0.497 e. The van der Waals surface area contributed by atoms with E-state index in [2.05, 4.69) is 16.3 Å². The highest BCUT2D eigenvalue weighted by Gasteiger charge is 2.41.